The highest BCUT2D eigenvalue weighted by Gasteiger charge is 2.41. The standard InChI is InChI=1S/C10H14F3NO5/c1-9(3-18-4-9)5-19-7(16)6(2-15)14-8(17)10(11,12)13/h6,15H,2-5H2,1H3,(H,14,17). The van der Waals surface area contributed by atoms with Gasteiger partial charge in [-0.05, 0) is 0 Å². The maximum atomic E-state index is 12.0. The molecule has 1 saturated heterocycles. The number of carbonyl (C=O) groups is 2. The maximum absolute atomic E-state index is 12.0. The fourth-order valence-electron chi connectivity index (χ4n) is 1.30. The second-order valence-electron chi connectivity index (χ2n) is 4.62. The van der Waals surface area contributed by atoms with E-state index in [0.29, 0.717) is 13.2 Å². The second-order valence-corrected chi connectivity index (χ2v) is 4.62. The molecule has 1 heterocycles. The molecule has 2 N–H and O–H groups in total. The van der Waals surface area contributed by atoms with Crippen LogP contribution in [0.25, 0.3) is 0 Å². The van der Waals surface area contributed by atoms with Crippen LogP contribution in [0.15, 0.2) is 0 Å². The molecule has 1 aliphatic heterocycles. The SMILES string of the molecule is CC1(COC(=O)C(CO)NC(=O)C(F)(F)F)COC1. The van der Waals surface area contributed by atoms with Crippen molar-refractivity contribution in [3.8, 4) is 0 Å². The third-order valence-corrected chi connectivity index (χ3v) is 2.49. The van der Waals surface area contributed by atoms with Gasteiger partial charge >= 0.3 is 18.1 Å². The average Bonchev–Trinajstić information content (AvgIpc) is 2.28. The van der Waals surface area contributed by atoms with Crippen molar-refractivity contribution in [1.82, 2.24) is 5.32 Å². The number of aliphatic hydroxyl groups is 1. The summed E-state index contributed by atoms with van der Waals surface area (Å²) in [5.74, 6) is -3.42. The molecule has 1 unspecified atom stereocenters. The first-order valence-corrected chi connectivity index (χ1v) is 5.41. The van der Waals surface area contributed by atoms with E-state index in [-0.39, 0.29) is 12.0 Å². The van der Waals surface area contributed by atoms with Crippen molar-refractivity contribution in [2.45, 2.75) is 19.1 Å². The van der Waals surface area contributed by atoms with Crippen LogP contribution >= 0.6 is 0 Å². The van der Waals surface area contributed by atoms with E-state index in [2.05, 4.69) is 0 Å². The first-order valence-electron chi connectivity index (χ1n) is 5.41. The van der Waals surface area contributed by atoms with Crippen molar-refractivity contribution in [3.05, 3.63) is 0 Å². The molecule has 0 aromatic carbocycles. The molecule has 1 fully saturated rings. The number of halogens is 3. The summed E-state index contributed by atoms with van der Waals surface area (Å²) in [6, 6.07) is -1.74. The van der Waals surface area contributed by atoms with Crippen molar-refractivity contribution in [2.75, 3.05) is 26.4 Å². The summed E-state index contributed by atoms with van der Waals surface area (Å²) in [6.45, 7) is 1.49. The van der Waals surface area contributed by atoms with Gasteiger partial charge in [-0.25, -0.2) is 4.79 Å². The number of aliphatic hydroxyl groups excluding tert-OH is 1. The molecule has 1 rings (SSSR count). The molecule has 1 amide bonds. The average molecular weight is 285 g/mol. The quantitative estimate of drug-likeness (QED) is 0.672. The zero-order chi connectivity index (χ0) is 14.7. The zero-order valence-electron chi connectivity index (χ0n) is 10.1. The Kier molecular flexibility index (Phi) is 4.75. The third-order valence-electron chi connectivity index (χ3n) is 2.49. The van der Waals surface area contributed by atoms with Gasteiger partial charge in [0.15, 0.2) is 6.04 Å². The fraction of sp³-hybridized carbons (Fsp3) is 0.800. The molecule has 0 spiro atoms. The fourth-order valence-corrected chi connectivity index (χ4v) is 1.30. The number of carbonyl (C=O) groups excluding carboxylic acids is 2. The Balaban J connectivity index is 2.45. The van der Waals surface area contributed by atoms with Gasteiger partial charge in [0.25, 0.3) is 0 Å². The van der Waals surface area contributed by atoms with Crippen molar-refractivity contribution in [3.63, 3.8) is 0 Å². The van der Waals surface area contributed by atoms with E-state index in [1.165, 1.54) is 5.32 Å². The van der Waals surface area contributed by atoms with Crippen molar-refractivity contribution >= 4 is 11.9 Å². The molecular formula is C10H14F3NO5. The van der Waals surface area contributed by atoms with E-state index in [4.69, 9.17) is 14.6 Å². The summed E-state index contributed by atoms with van der Waals surface area (Å²) in [5, 5.41) is 10.2. The molecule has 0 bridgehead atoms. The summed E-state index contributed by atoms with van der Waals surface area (Å²) >= 11 is 0. The van der Waals surface area contributed by atoms with Crippen LogP contribution in [0, 0.1) is 5.41 Å². The lowest BCUT2D eigenvalue weighted by Crippen LogP contribution is -2.51. The van der Waals surface area contributed by atoms with Crippen LogP contribution < -0.4 is 5.32 Å². The highest BCUT2D eigenvalue weighted by molar-refractivity contribution is 5.87. The monoisotopic (exact) mass is 285 g/mol. The van der Waals surface area contributed by atoms with Gasteiger partial charge in [0.2, 0.25) is 0 Å². The van der Waals surface area contributed by atoms with E-state index in [0.717, 1.165) is 0 Å². The zero-order valence-corrected chi connectivity index (χ0v) is 10.1. The van der Waals surface area contributed by atoms with E-state index in [1.807, 2.05) is 0 Å². The summed E-state index contributed by atoms with van der Waals surface area (Å²) in [7, 11) is 0. The topological polar surface area (TPSA) is 84.9 Å². The van der Waals surface area contributed by atoms with Crippen molar-refractivity contribution in [2.24, 2.45) is 5.41 Å². The molecule has 0 aromatic heterocycles. The minimum Gasteiger partial charge on any atom is -0.463 e. The first-order chi connectivity index (χ1) is 8.68. The molecular weight excluding hydrogens is 271 g/mol. The van der Waals surface area contributed by atoms with Gasteiger partial charge in [0.1, 0.15) is 6.61 Å². The number of ether oxygens (including phenoxy) is 2. The van der Waals surface area contributed by atoms with Crippen molar-refractivity contribution in [1.29, 1.82) is 0 Å². The molecule has 110 valence electrons. The van der Waals surface area contributed by atoms with Gasteiger partial charge in [-0.1, -0.05) is 6.92 Å². The molecule has 9 heteroatoms. The van der Waals surface area contributed by atoms with Gasteiger partial charge in [0, 0.05) is 5.41 Å². The van der Waals surface area contributed by atoms with Crippen LogP contribution in [-0.4, -0.2) is 55.6 Å². The Labute approximate surface area is 106 Å². The van der Waals surface area contributed by atoms with E-state index in [1.54, 1.807) is 6.92 Å². The van der Waals surface area contributed by atoms with Gasteiger partial charge in [-0.3, -0.25) is 4.79 Å². The number of hydrogen-bond acceptors (Lipinski definition) is 5. The number of esters is 1. The number of nitrogens with one attached hydrogen (secondary N) is 1. The Morgan fingerprint density at radius 3 is 2.42 bits per heavy atom. The highest BCUT2D eigenvalue weighted by atomic mass is 19.4. The van der Waals surface area contributed by atoms with E-state index >= 15 is 0 Å². The Morgan fingerprint density at radius 2 is 2.05 bits per heavy atom. The van der Waals surface area contributed by atoms with Gasteiger partial charge in [-0.15, -0.1) is 0 Å². The molecule has 1 aliphatic rings. The van der Waals surface area contributed by atoms with Crippen LogP contribution in [0.1, 0.15) is 6.92 Å². The lowest BCUT2D eigenvalue weighted by atomic mass is 9.90. The Hall–Kier alpha value is -1.35. The third kappa shape index (κ3) is 4.35. The molecule has 0 radical (unpaired) electrons. The van der Waals surface area contributed by atoms with E-state index < -0.39 is 30.7 Å². The minimum absolute atomic E-state index is 0.0514. The molecule has 0 aromatic rings. The van der Waals surface area contributed by atoms with Gasteiger partial charge in [0.05, 0.1) is 19.8 Å². The number of alkyl halides is 3. The molecule has 19 heavy (non-hydrogen) atoms. The molecule has 1 atom stereocenters. The number of hydrogen-bond donors (Lipinski definition) is 2. The number of rotatable bonds is 5. The summed E-state index contributed by atoms with van der Waals surface area (Å²) < 4.78 is 45.6. The predicted octanol–water partition coefficient (Wildman–Crippen LogP) is -0.395. The normalized spacial score (nSPS) is 19.2. The summed E-state index contributed by atoms with van der Waals surface area (Å²) in [5.41, 5.74) is -0.371. The molecule has 0 saturated carbocycles. The molecule has 6 nitrogen and oxygen atoms in total. The largest absolute Gasteiger partial charge is 0.471 e. The minimum atomic E-state index is -5.12. The number of amides is 1. The first kappa shape index (κ1) is 15.7. The summed E-state index contributed by atoms with van der Waals surface area (Å²) in [4.78, 5) is 22.1. The highest BCUT2D eigenvalue weighted by Crippen LogP contribution is 2.26. The van der Waals surface area contributed by atoms with Gasteiger partial charge < -0.3 is 19.9 Å². The van der Waals surface area contributed by atoms with Crippen LogP contribution in [0.2, 0.25) is 0 Å². The van der Waals surface area contributed by atoms with Crippen molar-refractivity contribution < 1.29 is 37.3 Å². The smallest absolute Gasteiger partial charge is 0.463 e. The summed E-state index contributed by atoms with van der Waals surface area (Å²) in [6.07, 6.45) is -5.12. The Bertz CT molecular complexity index is 354. The maximum Gasteiger partial charge on any atom is 0.471 e. The van der Waals surface area contributed by atoms with Gasteiger partial charge in [-0.2, -0.15) is 13.2 Å². The van der Waals surface area contributed by atoms with E-state index in [9.17, 15) is 22.8 Å². The van der Waals surface area contributed by atoms with Crippen LogP contribution in [0.3, 0.4) is 0 Å². The lowest BCUT2D eigenvalue weighted by molar-refractivity contribution is -0.179. The van der Waals surface area contributed by atoms with Crippen LogP contribution in [0.5, 0.6) is 0 Å². The van der Waals surface area contributed by atoms with Crippen LogP contribution in [0.4, 0.5) is 13.2 Å². The van der Waals surface area contributed by atoms with Crippen LogP contribution in [-0.2, 0) is 19.1 Å². The Morgan fingerprint density at radius 1 is 1.47 bits per heavy atom. The lowest BCUT2D eigenvalue weighted by Gasteiger charge is -2.37. The second kappa shape index (κ2) is 5.74. The molecule has 0 aliphatic carbocycles. The predicted molar refractivity (Wildman–Crippen MR) is 55.0 cm³/mol.